The molecule has 2 N–H and O–H groups in total. The number of amides is 1. The van der Waals surface area contributed by atoms with Crippen LogP contribution < -0.4 is 5.73 Å². The number of carbonyl (C=O) groups excluding carboxylic acids is 1. The molecule has 70 valence electrons. The van der Waals surface area contributed by atoms with E-state index in [-0.39, 0.29) is 18.0 Å². The molecule has 1 aliphatic rings. The van der Waals surface area contributed by atoms with Crippen molar-refractivity contribution in [3.05, 3.63) is 0 Å². The van der Waals surface area contributed by atoms with Gasteiger partial charge in [-0.15, -0.1) is 0 Å². The van der Waals surface area contributed by atoms with Crippen LogP contribution in [-0.2, 0) is 4.79 Å². The predicted octanol–water partition coefficient (Wildman–Crippen LogP) is -0.894. The highest BCUT2D eigenvalue weighted by Gasteiger charge is 2.36. The summed E-state index contributed by atoms with van der Waals surface area (Å²) < 4.78 is 0. The summed E-state index contributed by atoms with van der Waals surface area (Å²) in [5, 5.41) is 0. The summed E-state index contributed by atoms with van der Waals surface area (Å²) in [6.07, 6.45) is 0. The van der Waals surface area contributed by atoms with Gasteiger partial charge < -0.3 is 15.5 Å². The lowest BCUT2D eigenvalue weighted by Gasteiger charge is -2.41. The third-order valence-electron chi connectivity index (χ3n) is 2.16. The summed E-state index contributed by atoms with van der Waals surface area (Å²) in [5.41, 5.74) is 5.48. The molecule has 0 aliphatic carbocycles. The molecule has 0 aromatic rings. The van der Waals surface area contributed by atoms with Crippen molar-refractivity contribution in [2.75, 3.05) is 27.2 Å². The number of rotatable bonds is 3. The lowest BCUT2D eigenvalue weighted by molar-refractivity contribution is -0.145. The maximum Gasteiger partial charge on any atom is 0.241 e. The minimum atomic E-state index is -0.241. The molecule has 0 aromatic heterocycles. The van der Waals surface area contributed by atoms with E-state index in [2.05, 4.69) is 4.90 Å². The third kappa shape index (κ3) is 1.76. The van der Waals surface area contributed by atoms with E-state index in [1.54, 1.807) is 0 Å². The summed E-state index contributed by atoms with van der Waals surface area (Å²) in [5.74, 6) is 0.0874. The van der Waals surface area contributed by atoms with Crippen LogP contribution in [0, 0.1) is 0 Å². The number of likely N-dealkylation sites (N-methyl/N-ethyl adjacent to an activating group) is 1. The van der Waals surface area contributed by atoms with Gasteiger partial charge >= 0.3 is 0 Å². The zero-order valence-corrected chi connectivity index (χ0v) is 7.95. The first-order valence-corrected chi connectivity index (χ1v) is 4.23. The Bertz CT molecular complexity index is 181. The van der Waals surface area contributed by atoms with Gasteiger partial charge in [0.05, 0.1) is 0 Å². The highest BCUT2D eigenvalue weighted by Crippen LogP contribution is 2.12. The fraction of sp³-hybridized carbons (Fsp3) is 0.875. The molecule has 0 radical (unpaired) electrons. The zero-order chi connectivity index (χ0) is 9.30. The Kier molecular flexibility index (Phi) is 2.69. The molecule has 2 unspecified atom stereocenters. The van der Waals surface area contributed by atoms with Gasteiger partial charge in [-0.3, -0.25) is 4.79 Å². The zero-order valence-electron chi connectivity index (χ0n) is 7.95. The van der Waals surface area contributed by atoms with E-state index >= 15 is 0 Å². The standard InChI is InChI=1S/C8H17N3O/c1-6(4-10(2)3)11-5-7(9)8(11)12/h6-7H,4-5,9H2,1-3H3. The van der Waals surface area contributed by atoms with E-state index in [9.17, 15) is 4.79 Å². The van der Waals surface area contributed by atoms with Gasteiger partial charge in [-0.1, -0.05) is 0 Å². The highest BCUT2D eigenvalue weighted by molar-refractivity contribution is 5.87. The van der Waals surface area contributed by atoms with Crippen LogP contribution in [0.4, 0.5) is 0 Å². The van der Waals surface area contributed by atoms with Gasteiger partial charge in [-0.2, -0.15) is 0 Å². The highest BCUT2D eigenvalue weighted by atomic mass is 16.2. The molecule has 1 saturated heterocycles. The minimum Gasteiger partial charge on any atom is -0.335 e. The maximum absolute atomic E-state index is 11.2. The van der Waals surface area contributed by atoms with Gasteiger partial charge in [-0.25, -0.2) is 0 Å². The average Bonchev–Trinajstić information content (AvgIpc) is 1.97. The van der Waals surface area contributed by atoms with Crippen LogP contribution >= 0.6 is 0 Å². The largest absolute Gasteiger partial charge is 0.335 e. The van der Waals surface area contributed by atoms with Crippen molar-refractivity contribution >= 4 is 5.91 Å². The number of likely N-dealkylation sites (tertiary alicyclic amines) is 1. The average molecular weight is 171 g/mol. The minimum absolute atomic E-state index is 0.0874. The molecule has 1 rings (SSSR count). The molecule has 0 saturated carbocycles. The number of hydrogen-bond acceptors (Lipinski definition) is 3. The molecule has 0 aromatic carbocycles. The third-order valence-corrected chi connectivity index (χ3v) is 2.16. The Morgan fingerprint density at radius 3 is 2.67 bits per heavy atom. The van der Waals surface area contributed by atoms with E-state index < -0.39 is 0 Å². The Morgan fingerprint density at radius 1 is 1.75 bits per heavy atom. The van der Waals surface area contributed by atoms with Gasteiger partial charge in [0.25, 0.3) is 0 Å². The second-order valence-electron chi connectivity index (χ2n) is 3.71. The molecule has 0 spiro atoms. The van der Waals surface area contributed by atoms with Gasteiger partial charge in [0.15, 0.2) is 0 Å². The number of β-lactam (4-membered cyclic amide) rings is 1. The molecule has 4 nitrogen and oxygen atoms in total. The van der Waals surface area contributed by atoms with Crippen LogP contribution in [0.5, 0.6) is 0 Å². The Balaban J connectivity index is 2.35. The van der Waals surface area contributed by atoms with Crippen LogP contribution in [-0.4, -0.2) is 55.0 Å². The van der Waals surface area contributed by atoms with Crippen LogP contribution in [0.25, 0.3) is 0 Å². The molecular formula is C8H17N3O. The Hall–Kier alpha value is -0.610. The van der Waals surface area contributed by atoms with E-state index in [1.165, 1.54) is 0 Å². The molecular weight excluding hydrogens is 154 g/mol. The molecule has 1 heterocycles. The summed E-state index contributed by atoms with van der Waals surface area (Å²) in [6, 6.07) is 0.0434. The van der Waals surface area contributed by atoms with E-state index in [4.69, 9.17) is 5.73 Å². The summed E-state index contributed by atoms with van der Waals surface area (Å²) in [4.78, 5) is 15.1. The summed E-state index contributed by atoms with van der Waals surface area (Å²) in [6.45, 7) is 3.66. The first-order chi connectivity index (χ1) is 5.52. The van der Waals surface area contributed by atoms with Crippen molar-refractivity contribution in [2.24, 2.45) is 5.73 Å². The second-order valence-corrected chi connectivity index (χ2v) is 3.71. The fourth-order valence-electron chi connectivity index (χ4n) is 1.50. The normalized spacial score (nSPS) is 25.9. The smallest absolute Gasteiger partial charge is 0.241 e. The molecule has 1 fully saturated rings. The van der Waals surface area contributed by atoms with E-state index in [0.29, 0.717) is 6.54 Å². The second kappa shape index (κ2) is 3.41. The van der Waals surface area contributed by atoms with Crippen molar-refractivity contribution in [1.82, 2.24) is 9.80 Å². The number of carbonyl (C=O) groups is 1. The van der Waals surface area contributed by atoms with Gasteiger partial charge in [0.2, 0.25) is 5.91 Å². The van der Waals surface area contributed by atoms with E-state index in [1.807, 2.05) is 25.9 Å². The molecule has 1 amide bonds. The van der Waals surface area contributed by atoms with Crippen molar-refractivity contribution in [3.8, 4) is 0 Å². The fourth-order valence-corrected chi connectivity index (χ4v) is 1.50. The molecule has 2 atom stereocenters. The van der Waals surface area contributed by atoms with Crippen LogP contribution in [0.2, 0.25) is 0 Å². The number of nitrogens with two attached hydrogens (primary N) is 1. The lowest BCUT2D eigenvalue weighted by Crippen LogP contribution is -2.64. The predicted molar refractivity (Wildman–Crippen MR) is 47.7 cm³/mol. The van der Waals surface area contributed by atoms with Gasteiger partial charge in [0.1, 0.15) is 6.04 Å². The van der Waals surface area contributed by atoms with Gasteiger partial charge in [-0.05, 0) is 21.0 Å². The molecule has 12 heavy (non-hydrogen) atoms. The van der Waals surface area contributed by atoms with Crippen LogP contribution in [0.3, 0.4) is 0 Å². The monoisotopic (exact) mass is 171 g/mol. The molecule has 0 bridgehead atoms. The van der Waals surface area contributed by atoms with E-state index in [0.717, 1.165) is 6.54 Å². The Labute approximate surface area is 73.3 Å². The van der Waals surface area contributed by atoms with Crippen LogP contribution in [0.15, 0.2) is 0 Å². The van der Waals surface area contributed by atoms with Crippen LogP contribution in [0.1, 0.15) is 6.92 Å². The maximum atomic E-state index is 11.2. The summed E-state index contributed by atoms with van der Waals surface area (Å²) >= 11 is 0. The SMILES string of the molecule is CC(CN(C)C)N1CC(N)C1=O. The summed E-state index contributed by atoms with van der Waals surface area (Å²) in [7, 11) is 4.00. The van der Waals surface area contributed by atoms with Gasteiger partial charge in [0, 0.05) is 19.1 Å². The molecule has 4 heteroatoms. The lowest BCUT2D eigenvalue weighted by atomic mass is 10.1. The first kappa shape index (κ1) is 9.48. The Morgan fingerprint density at radius 2 is 2.33 bits per heavy atom. The van der Waals surface area contributed by atoms with Crippen molar-refractivity contribution in [3.63, 3.8) is 0 Å². The van der Waals surface area contributed by atoms with Crippen molar-refractivity contribution in [1.29, 1.82) is 0 Å². The topological polar surface area (TPSA) is 49.6 Å². The van der Waals surface area contributed by atoms with Crippen molar-refractivity contribution in [2.45, 2.75) is 19.0 Å². The molecule has 1 aliphatic heterocycles. The quantitative estimate of drug-likeness (QED) is 0.560. The first-order valence-electron chi connectivity index (χ1n) is 4.23. The number of nitrogens with zero attached hydrogens (tertiary/aromatic N) is 2. The number of hydrogen-bond donors (Lipinski definition) is 1. The van der Waals surface area contributed by atoms with Crippen molar-refractivity contribution < 1.29 is 4.79 Å².